The molecule has 2 aromatic carbocycles. The highest BCUT2D eigenvalue weighted by Gasteiger charge is 2.31. The van der Waals surface area contributed by atoms with Gasteiger partial charge in [-0.2, -0.15) is 18.3 Å². The molecule has 0 radical (unpaired) electrons. The van der Waals surface area contributed by atoms with E-state index in [0.717, 1.165) is 23.4 Å². The molecule has 166 valence electrons. The number of hydrogen-bond acceptors (Lipinski definition) is 4. The Balaban J connectivity index is 1.79. The SMILES string of the molecule is Cc1cc(=O)c(C(=O)N2CCC(C)Sc3ccccc32)nn1-c1cccc(C(F)(F)F)c1. The van der Waals surface area contributed by atoms with E-state index in [1.807, 2.05) is 24.3 Å². The first kappa shape index (κ1) is 22.1. The molecule has 3 aromatic rings. The number of amides is 1. The van der Waals surface area contributed by atoms with Crippen molar-refractivity contribution in [1.82, 2.24) is 9.78 Å². The number of thioether (sulfide) groups is 1. The molecule has 1 aromatic heterocycles. The van der Waals surface area contributed by atoms with E-state index in [4.69, 9.17) is 0 Å². The molecule has 1 amide bonds. The van der Waals surface area contributed by atoms with Crippen molar-refractivity contribution in [1.29, 1.82) is 0 Å². The lowest BCUT2D eigenvalue weighted by Crippen LogP contribution is -2.37. The molecule has 0 N–H and O–H groups in total. The second-order valence-electron chi connectivity index (χ2n) is 7.60. The second kappa shape index (κ2) is 8.46. The number of benzene rings is 2. The van der Waals surface area contributed by atoms with E-state index in [9.17, 15) is 22.8 Å². The van der Waals surface area contributed by atoms with Gasteiger partial charge in [0, 0.05) is 28.5 Å². The van der Waals surface area contributed by atoms with Crippen molar-refractivity contribution in [3.8, 4) is 5.69 Å². The van der Waals surface area contributed by atoms with Crippen molar-refractivity contribution < 1.29 is 18.0 Å². The zero-order valence-electron chi connectivity index (χ0n) is 17.4. The molecule has 1 aliphatic rings. The Morgan fingerprint density at radius 2 is 1.88 bits per heavy atom. The van der Waals surface area contributed by atoms with Gasteiger partial charge in [-0.15, -0.1) is 11.8 Å². The lowest BCUT2D eigenvalue weighted by Gasteiger charge is -2.22. The molecule has 1 atom stereocenters. The third-order valence-electron chi connectivity index (χ3n) is 5.22. The van der Waals surface area contributed by atoms with Crippen molar-refractivity contribution in [2.45, 2.75) is 36.6 Å². The van der Waals surface area contributed by atoms with Gasteiger partial charge in [-0.05, 0) is 43.7 Å². The summed E-state index contributed by atoms with van der Waals surface area (Å²) in [7, 11) is 0. The topological polar surface area (TPSA) is 55.2 Å². The monoisotopic (exact) mass is 459 g/mol. The zero-order chi connectivity index (χ0) is 23.0. The smallest absolute Gasteiger partial charge is 0.306 e. The summed E-state index contributed by atoms with van der Waals surface area (Å²) >= 11 is 1.66. The van der Waals surface area contributed by atoms with E-state index < -0.39 is 23.1 Å². The number of halogens is 3. The van der Waals surface area contributed by atoms with Gasteiger partial charge < -0.3 is 4.90 Å². The van der Waals surface area contributed by atoms with Crippen LogP contribution < -0.4 is 10.3 Å². The van der Waals surface area contributed by atoms with Crippen LogP contribution in [0.4, 0.5) is 18.9 Å². The average molecular weight is 459 g/mol. The fraction of sp³-hybridized carbons (Fsp3) is 0.261. The molecule has 5 nitrogen and oxygen atoms in total. The first-order chi connectivity index (χ1) is 15.1. The number of carbonyl (C=O) groups excluding carboxylic acids is 1. The van der Waals surface area contributed by atoms with Crippen LogP contribution in [0.5, 0.6) is 0 Å². The maximum atomic E-state index is 13.4. The fourth-order valence-electron chi connectivity index (χ4n) is 3.60. The third-order valence-corrected chi connectivity index (χ3v) is 6.45. The van der Waals surface area contributed by atoms with E-state index >= 15 is 0 Å². The first-order valence-corrected chi connectivity index (χ1v) is 10.9. The number of nitrogens with zero attached hydrogens (tertiary/aromatic N) is 3. The Hall–Kier alpha value is -3.07. The van der Waals surface area contributed by atoms with Gasteiger partial charge >= 0.3 is 6.18 Å². The number of rotatable bonds is 2. The number of carbonyl (C=O) groups is 1. The summed E-state index contributed by atoms with van der Waals surface area (Å²) < 4.78 is 40.7. The lowest BCUT2D eigenvalue weighted by molar-refractivity contribution is -0.137. The van der Waals surface area contributed by atoms with Crippen molar-refractivity contribution in [2.24, 2.45) is 0 Å². The number of aryl methyl sites for hydroxylation is 1. The van der Waals surface area contributed by atoms with Gasteiger partial charge in [0.2, 0.25) is 5.43 Å². The molecule has 0 saturated heterocycles. The highest BCUT2D eigenvalue weighted by molar-refractivity contribution is 8.00. The highest BCUT2D eigenvalue weighted by atomic mass is 32.2. The van der Waals surface area contributed by atoms with Gasteiger partial charge in [-0.25, -0.2) is 4.68 Å². The Morgan fingerprint density at radius 1 is 1.12 bits per heavy atom. The van der Waals surface area contributed by atoms with Crippen molar-refractivity contribution in [3.05, 3.63) is 81.8 Å². The summed E-state index contributed by atoms with van der Waals surface area (Å²) in [6.07, 6.45) is -3.80. The second-order valence-corrected chi connectivity index (χ2v) is 9.08. The molecule has 0 saturated carbocycles. The molecule has 1 unspecified atom stereocenters. The Bertz CT molecular complexity index is 1240. The van der Waals surface area contributed by atoms with Crippen LogP contribution in [-0.2, 0) is 6.18 Å². The highest BCUT2D eigenvalue weighted by Crippen LogP contribution is 2.37. The predicted molar refractivity (Wildman–Crippen MR) is 118 cm³/mol. The summed E-state index contributed by atoms with van der Waals surface area (Å²) in [4.78, 5) is 28.6. The number of aromatic nitrogens is 2. The molecular formula is C23H20F3N3O2S. The minimum Gasteiger partial charge on any atom is -0.306 e. The standard InChI is InChI=1S/C23H20F3N3O2S/c1-14-12-19(30)21(27-29(14)17-7-5-6-16(13-17)23(24,25)26)22(31)28-11-10-15(2)32-20-9-4-3-8-18(20)28/h3-9,12-13,15H,10-11H2,1-2H3. The lowest BCUT2D eigenvalue weighted by atomic mass is 10.2. The summed E-state index contributed by atoms with van der Waals surface area (Å²) in [5, 5.41) is 4.48. The Morgan fingerprint density at radius 3 is 2.62 bits per heavy atom. The summed E-state index contributed by atoms with van der Waals surface area (Å²) in [6.45, 7) is 4.03. The van der Waals surface area contributed by atoms with Crippen molar-refractivity contribution in [3.63, 3.8) is 0 Å². The summed E-state index contributed by atoms with van der Waals surface area (Å²) in [5.41, 5.74) is -0.604. The summed E-state index contributed by atoms with van der Waals surface area (Å²) in [6, 6.07) is 13.3. The molecule has 0 bridgehead atoms. The Kier molecular flexibility index (Phi) is 5.85. The number of anilines is 1. The van der Waals surface area contributed by atoms with Crippen molar-refractivity contribution >= 4 is 23.4 Å². The minimum absolute atomic E-state index is 0.117. The van der Waals surface area contributed by atoms with Crippen LogP contribution in [0.2, 0.25) is 0 Å². The number of alkyl halides is 3. The fourth-order valence-corrected chi connectivity index (χ4v) is 4.71. The normalized spacial score (nSPS) is 16.4. The van der Waals surface area contributed by atoms with Crippen LogP contribution in [0, 0.1) is 6.92 Å². The molecule has 2 heterocycles. The average Bonchev–Trinajstić information content (AvgIpc) is 2.91. The van der Waals surface area contributed by atoms with E-state index in [1.54, 1.807) is 18.7 Å². The van der Waals surface area contributed by atoms with Crippen molar-refractivity contribution in [2.75, 3.05) is 11.4 Å². The number of fused-ring (bicyclic) bond motifs is 1. The van der Waals surface area contributed by atoms with Crippen LogP contribution in [0.3, 0.4) is 0 Å². The maximum Gasteiger partial charge on any atom is 0.416 e. The molecule has 4 rings (SSSR count). The molecule has 0 aliphatic carbocycles. The van der Waals surface area contributed by atoms with Gasteiger partial charge in [-0.3, -0.25) is 9.59 Å². The van der Waals surface area contributed by atoms with Gasteiger partial charge in [0.1, 0.15) is 0 Å². The minimum atomic E-state index is -4.52. The molecule has 32 heavy (non-hydrogen) atoms. The summed E-state index contributed by atoms with van der Waals surface area (Å²) in [5.74, 6) is -0.571. The molecule has 0 spiro atoms. The molecule has 1 aliphatic heterocycles. The van der Waals surface area contributed by atoms with Crippen LogP contribution in [0.25, 0.3) is 5.69 Å². The van der Waals surface area contributed by atoms with Gasteiger partial charge in [0.15, 0.2) is 5.69 Å². The van der Waals surface area contributed by atoms with Crippen LogP contribution in [0.1, 0.15) is 35.1 Å². The quantitative estimate of drug-likeness (QED) is 0.536. The number of hydrogen-bond donors (Lipinski definition) is 0. The van der Waals surface area contributed by atoms with Crippen LogP contribution >= 0.6 is 11.8 Å². The Labute approximate surface area is 186 Å². The van der Waals surface area contributed by atoms with E-state index in [-0.39, 0.29) is 16.6 Å². The first-order valence-electron chi connectivity index (χ1n) is 10.0. The van der Waals surface area contributed by atoms with Crippen LogP contribution in [-0.4, -0.2) is 27.5 Å². The van der Waals surface area contributed by atoms with Gasteiger partial charge in [-0.1, -0.05) is 25.1 Å². The van der Waals surface area contributed by atoms with Gasteiger partial charge in [0.05, 0.1) is 16.9 Å². The maximum absolute atomic E-state index is 13.4. The predicted octanol–water partition coefficient (Wildman–Crippen LogP) is 5.09. The largest absolute Gasteiger partial charge is 0.416 e. The van der Waals surface area contributed by atoms with E-state index in [1.165, 1.54) is 27.8 Å². The zero-order valence-corrected chi connectivity index (χ0v) is 18.2. The van der Waals surface area contributed by atoms with Gasteiger partial charge in [0.25, 0.3) is 5.91 Å². The molecule has 9 heteroatoms. The molecule has 0 fully saturated rings. The third kappa shape index (κ3) is 4.29. The van der Waals surface area contributed by atoms with E-state index in [0.29, 0.717) is 17.9 Å². The van der Waals surface area contributed by atoms with E-state index in [2.05, 4.69) is 12.0 Å². The van der Waals surface area contributed by atoms with Crippen LogP contribution in [0.15, 0.2) is 64.3 Å². The molecular weight excluding hydrogens is 439 g/mol. The number of para-hydroxylation sites is 1.